The molecule has 0 bridgehead atoms. The zero-order valence-electron chi connectivity index (χ0n) is 32.7. The van der Waals surface area contributed by atoms with Crippen LogP contribution in [0, 0.1) is 0 Å². The Labute approximate surface area is 324 Å². The first-order valence-corrected chi connectivity index (χ1v) is 18.7. The van der Waals surface area contributed by atoms with Gasteiger partial charge in [0.2, 0.25) is 0 Å². The van der Waals surface area contributed by atoms with Gasteiger partial charge in [0.1, 0.15) is 6.07 Å². The molecule has 0 radical (unpaired) electrons. The minimum absolute atomic E-state index is 0.158. The SMILES string of the molecule is CC1=CC(C)(C)N(C)c2cc3[o+]c4cc5[o+]c6cc7c(cc6c(-c6ccccc6C(=O)O)c5cc4c(-c4ccccc4C(=O)O)c3cc21)C(C)=CC(C)(C)N7C. The lowest BCUT2D eigenvalue weighted by molar-refractivity contribution is 0.0687. The molecule has 8 heteroatoms. The van der Waals surface area contributed by atoms with E-state index in [1.807, 2.05) is 48.5 Å². The van der Waals surface area contributed by atoms with E-state index in [4.69, 9.17) is 8.83 Å². The van der Waals surface area contributed by atoms with Gasteiger partial charge in [-0.3, -0.25) is 0 Å². The van der Waals surface area contributed by atoms with Crippen molar-refractivity contribution in [2.24, 2.45) is 0 Å². The molecule has 0 amide bonds. The fourth-order valence-electron chi connectivity index (χ4n) is 8.92. The first-order chi connectivity index (χ1) is 26.6. The highest BCUT2D eigenvalue weighted by Crippen LogP contribution is 2.49. The lowest BCUT2D eigenvalue weighted by Gasteiger charge is -2.40. The van der Waals surface area contributed by atoms with Crippen LogP contribution in [0.25, 0.3) is 77.3 Å². The number of carboxylic acid groups (broad SMARTS) is 2. The molecule has 0 aliphatic carbocycles. The summed E-state index contributed by atoms with van der Waals surface area (Å²) < 4.78 is 13.7. The number of carboxylic acids is 2. The Bertz CT molecular complexity index is 2790. The zero-order valence-corrected chi connectivity index (χ0v) is 32.7. The third-order valence-corrected chi connectivity index (χ3v) is 12.1. The molecule has 8 nitrogen and oxygen atoms in total. The summed E-state index contributed by atoms with van der Waals surface area (Å²) in [5.74, 6) is -2.09. The molecule has 56 heavy (non-hydrogen) atoms. The minimum Gasteiger partial charge on any atom is -0.478 e. The molecule has 2 aliphatic rings. The number of benzene rings is 5. The normalized spacial score (nSPS) is 15.9. The number of rotatable bonds is 4. The third-order valence-electron chi connectivity index (χ3n) is 12.1. The zero-order chi connectivity index (χ0) is 39.6. The topological polar surface area (TPSA) is 104 Å². The van der Waals surface area contributed by atoms with Crippen LogP contribution in [0.4, 0.5) is 11.4 Å². The number of carbonyl (C=O) groups is 2. The van der Waals surface area contributed by atoms with Crippen molar-refractivity contribution in [1.29, 1.82) is 0 Å². The van der Waals surface area contributed by atoms with Gasteiger partial charge in [0.05, 0.1) is 67.3 Å². The van der Waals surface area contributed by atoms with Gasteiger partial charge in [0.15, 0.2) is 0 Å². The van der Waals surface area contributed by atoms with Gasteiger partial charge >= 0.3 is 34.3 Å². The number of nitrogens with zero attached hydrogens (tertiary/aromatic N) is 2. The highest BCUT2D eigenvalue weighted by atomic mass is 16.4. The molecule has 7 aromatic rings. The lowest BCUT2D eigenvalue weighted by atomic mass is 9.85. The Hall–Kier alpha value is -6.54. The third kappa shape index (κ3) is 5.12. The highest BCUT2D eigenvalue weighted by molar-refractivity contribution is 6.19. The number of anilines is 2. The smallest absolute Gasteiger partial charge is 0.371 e. The van der Waals surface area contributed by atoms with Crippen LogP contribution in [0.5, 0.6) is 0 Å². The minimum atomic E-state index is -1.04. The quantitative estimate of drug-likeness (QED) is 0.136. The van der Waals surface area contributed by atoms with E-state index in [9.17, 15) is 19.8 Å². The summed E-state index contributed by atoms with van der Waals surface area (Å²) in [7, 11) is 4.13. The van der Waals surface area contributed by atoms with Crippen LogP contribution in [0.2, 0.25) is 0 Å². The van der Waals surface area contributed by atoms with Gasteiger partial charge in [0.25, 0.3) is 0 Å². The van der Waals surface area contributed by atoms with Crippen LogP contribution in [0.3, 0.4) is 0 Å². The average Bonchev–Trinajstić information content (AvgIpc) is 3.15. The number of hydrogen-bond acceptors (Lipinski definition) is 4. The first kappa shape index (κ1) is 35.2. The lowest BCUT2D eigenvalue weighted by Crippen LogP contribution is -2.42. The van der Waals surface area contributed by atoms with E-state index in [1.54, 1.807) is 24.3 Å². The predicted molar refractivity (Wildman–Crippen MR) is 227 cm³/mol. The molecule has 5 aromatic carbocycles. The molecule has 0 unspecified atom stereocenters. The van der Waals surface area contributed by atoms with Crippen LogP contribution < -0.4 is 9.80 Å². The summed E-state index contributed by atoms with van der Waals surface area (Å²) in [4.78, 5) is 30.2. The maximum Gasteiger partial charge on any atom is 0.371 e. The molecule has 0 fully saturated rings. The van der Waals surface area contributed by atoms with Gasteiger partial charge in [-0.1, -0.05) is 48.6 Å². The van der Waals surface area contributed by atoms with Crippen LogP contribution >= 0.6 is 0 Å². The summed E-state index contributed by atoms with van der Waals surface area (Å²) in [6.45, 7) is 12.9. The number of allylic oxidation sites excluding steroid dienone is 2. The Morgan fingerprint density at radius 2 is 0.875 bits per heavy atom. The van der Waals surface area contributed by atoms with E-state index in [0.717, 1.165) is 44.4 Å². The second kappa shape index (κ2) is 12.0. The maximum absolute atomic E-state index is 12.9. The average molecular weight is 743 g/mol. The molecular formula is C48H42N2O6+2. The summed E-state index contributed by atoms with van der Waals surface area (Å²) in [5, 5.41) is 23.9. The Morgan fingerprint density at radius 3 is 1.27 bits per heavy atom. The van der Waals surface area contributed by atoms with Crippen molar-refractivity contribution in [1.82, 2.24) is 0 Å². The van der Waals surface area contributed by atoms with E-state index in [1.165, 1.54) is 0 Å². The summed E-state index contributed by atoms with van der Waals surface area (Å²) >= 11 is 0. The Balaban J connectivity index is 1.48. The van der Waals surface area contributed by atoms with Crippen molar-refractivity contribution in [3.8, 4) is 22.3 Å². The Morgan fingerprint density at radius 1 is 0.518 bits per heavy atom. The monoisotopic (exact) mass is 742 g/mol. The number of likely N-dealkylation sites (N-methyl/N-ethyl adjacent to an activating group) is 2. The number of aromatic carboxylic acids is 2. The number of hydrogen-bond donors (Lipinski definition) is 2. The molecule has 2 aromatic heterocycles. The molecule has 278 valence electrons. The van der Waals surface area contributed by atoms with Crippen molar-refractivity contribution in [3.05, 3.63) is 119 Å². The van der Waals surface area contributed by atoms with E-state index in [-0.39, 0.29) is 22.2 Å². The molecule has 0 saturated heterocycles. The largest absolute Gasteiger partial charge is 0.478 e. The van der Waals surface area contributed by atoms with Gasteiger partial charge < -0.3 is 20.0 Å². The van der Waals surface area contributed by atoms with E-state index in [2.05, 4.69) is 89.7 Å². The first-order valence-electron chi connectivity index (χ1n) is 18.7. The maximum atomic E-state index is 12.9. The van der Waals surface area contributed by atoms with Crippen LogP contribution in [-0.2, 0) is 0 Å². The molecule has 2 N–H and O–H groups in total. The van der Waals surface area contributed by atoms with Gasteiger partial charge in [-0.2, -0.15) is 0 Å². The van der Waals surface area contributed by atoms with Crippen molar-refractivity contribution in [2.75, 3.05) is 23.9 Å². The summed E-state index contributed by atoms with van der Waals surface area (Å²) in [6, 6.07) is 26.2. The molecule has 0 saturated carbocycles. The standard InChI is InChI=1S/C48H40N2O6/c1-25-23-47(3,4)49(7)37-20-39-33(17-31(25)37)43(27-13-9-11-15-29(27)45(51)52)35-19-36-42(22-41(35)55-39)56-40-21-38-32(26(2)24-48(5,6)50(38)8)18-34(40)44(36)28-14-10-12-16-30(28)46(53)54/h9-24H,1-8H3/p+2. The fraction of sp³-hybridized carbons (Fsp3) is 0.208. The van der Waals surface area contributed by atoms with Gasteiger partial charge in [-0.25, -0.2) is 18.4 Å². The molecule has 0 atom stereocenters. The van der Waals surface area contributed by atoms with Crippen molar-refractivity contribution < 1.29 is 28.6 Å². The van der Waals surface area contributed by atoms with E-state index in [0.29, 0.717) is 55.4 Å². The molecular weight excluding hydrogens is 701 g/mol. The fourth-order valence-corrected chi connectivity index (χ4v) is 8.92. The molecule has 0 spiro atoms. The van der Waals surface area contributed by atoms with Crippen molar-refractivity contribution in [3.63, 3.8) is 0 Å². The molecule has 4 heterocycles. The number of fused-ring (bicyclic) bond motifs is 6. The van der Waals surface area contributed by atoms with E-state index >= 15 is 0 Å². The van der Waals surface area contributed by atoms with Crippen molar-refractivity contribution in [2.45, 2.75) is 52.6 Å². The van der Waals surface area contributed by atoms with Crippen LogP contribution in [0.15, 0.2) is 106 Å². The summed E-state index contributed by atoms with van der Waals surface area (Å²) in [5.41, 5.74) is 10.8. The van der Waals surface area contributed by atoms with Crippen molar-refractivity contribution >= 4 is 78.3 Å². The predicted octanol–water partition coefficient (Wildman–Crippen LogP) is 12.0. The van der Waals surface area contributed by atoms with E-state index < -0.39 is 11.9 Å². The molecule has 9 rings (SSSR count). The molecule has 2 aliphatic heterocycles. The Kier molecular flexibility index (Phi) is 7.52. The van der Waals surface area contributed by atoms with Gasteiger partial charge in [0, 0.05) is 36.3 Å². The summed E-state index contributed by atoms with van der Waals surface area (Å²) in [6.07, 6.45) is 4.48. The van der Waals surface area contributed by atoms with Gasteiger partial charge in [-0.05, 0) is 94.1 Å². The highest BCUT2D eigenvalue weighted by Gasteiger charge is 2.36. The second-order valence-electron chi connectivity index (χ2n) is 16.3. The second-order valence-corrected chi connectivity index (χ2v) is 16.3. The van der Waals surface area contributed by atoms with Gasteiger partial charge in [-0.15, -0.1) is 0 Å². The van der Waals surface area contributed by atoms with Crippen LogP contribution in [-0.4, -0.2) is 47.3 Å². The van der Waals surface area contributed by atoms with Crippen LogP contribution in [0.1, 0.15) is 73.4 Å².